The maximum atomic E-state index is 15.3. The van der Waals surface area contributed by atoms with Crippen LogP contribution < -0.4 is 20.7 Å². The highest BCUT2D eigenvalue weighted by Crippen LogP contribution is 2.40. The number of piperidine rings is 1. The van der Waals surface area contributed by atoms with Crippen LogP contribution in [0.5, 0.6) is 0 Å². The van der Waals surface area contributed by atoms with E-state index < -0.39 is 35.0 Å². The second kappa shape index (κ2) is 14.4. The Hall–Kier alpha value is -4.94. The first-order chi connectivity index (χ1) is 24.6. The number of thiazole rings is 1. The van der Waals surface area contributed by atoms with E-state index >= 15 is 4.39 Å². The van der Waals surface area contributed by atoms with E-state index in [0.29, 0.717) is 22.3 Å². The molecule has 3 aliphatic rings. The fraction of sp³-hybridized carbons (Fsp3) is 0.344. The van der Waals surface area contributed by atoms with Crippen LogP contribution in [0.1, 0.15) is 36.1 Å². The number of aromatic nitrogens is 4. The monoisotopic (exact) mass is 754 g/mol. The number of amides is 2. The molecule has 2 atom stereocenters. The highest BCUT2D eigenvalue weighted by atomic mass is 35.5. The summed E-state index contributed by atoms with van der Waals surface area (Å²) in [5.74, 6) is -3.03. The average Bonchev–Trinajstić information content (AvgIpc) is 3.84. The number of nitrogens with one attached hydrogen (secondary N) is 1. The highest BCUT2D eigenvalue weighted by molar-refractivity contribution is 8.00. The molecule has 0 saturated carbocycles. The molecule has 266 valence electrons. The molecule has 0 radical (unpaired) electrons. The van der Waals surface area contributed by atoms with Crippen molar-refractivity contribution < 1.29 is 33.3 Å². The molecule has 51 heavy (non-hydrogen) atoms. The number of oxime groups is 1. The minimum Gasteiger partial charge on any atom is -0.543 e. The fourth-order valence-electron chi connectivity index (χ4n) is 6.35. The Morgan fingerprint density at radius 3 is 2.78 bits per heavy atom. The second-order valence-electron chi connectivity index (χ2n) is 12.1. The quantitative estimate of drug-likeness (QED) is 0.0985. The van der Waals surface area contributed by atoms with Crippen molar-refractivity contribution in [1.29, 1.82) is 0 Å². The van der Waals surface area contributed by atoms with Crippen molar-refractivity contribution in [3.05, 3.63) is 81.1 Å². The maximum Gasteiger partial charge on any atom is 0.307 e. The van der Waals surface area contributed by atoms with Crippen molar-refractivity contribution in [1.82, 2.24) is 29.4 Å². The Morgan fingerprint density at radius 2 is 2.08 bits per heavy atom. The number of hydrazone groups is 1. The molecule has 2 amide bonds. The van der Waals surface area contributed by atoms with Gasteiger partial charge in [0.05, 0.1) is 41.7 Å². The molecular formula is C32H32ClFN10O5S2. The molecule has 19 heteroatoms. The van der Waals surface area contributed by atoms with Crippen LogP contribution in [0.4, 0.5) is 9.52 Å². The summed E-state index contributed by atoms with van der Waals surface area (Å²) in [6, 6.07) is 3.93. The summed E-state index contributed by atoms with van der Waals surface area (Å²) < 4.78 is 20.7. The van der Waals surface area contributed by atoms with Gasteiger partial charge in [0.25, 0.3) is 11.8 Å². The number of imidazole rings is 1. The predicted octanol–water partition coefficient (Wildman–Crippen LogP) is 1.18. The lowest BCUT2D eigenvalue weighted by Gasteiger charge is -2.50. The van der Waals surface area contributed by atoms with Gasteiger partial charge < -0.3 is 25.8 Å². The highest BCUT2D eigenvalue weighted by Gasteiger charge is 2.53. The van der Waals surface area contributed by atoms with Crippen LogP contribution >= 0.6 is 34.7 Å². The van der Waals surface area contributed by atoms with Crippen molar-refractivity contribution in [2.75, 3.05) is 31.7 Å². The van der Waals surface area contributed by atoms with E-state index in [1.54, 1.807) is 40.1 Å². The number of carboxylic acid groups (broad SMARTS) is 1. The van der Waals surface area contributed by atoms with Crippen LogP contribution in [-0.2, 0) is 32.3 Å². The summed E-state index contributed by atoms with van der Waals surface area (Å²) >= 11 is 8.98. The molecule has 2 fully saturated rings. The van der Waals surface area contributed by atoms with Crippen LogP contribution in [-0.4, -0.2) is 91.2 Å². The van der Waals surface area contributed by atoms with E-state index in [9.17, 15) is 19.5 Å². The number of hydrogen-bond acceptors (Lipinski definition) is 12. The minimum absolute atomic E-state index is 0.123. The number of rotatable bonds is 11. The van der Waals surface area contributed by atoms with Crippen molar-refractivity contribution >= 4 is 75.2 Å². The zero-order valence-corrected chi connectivity index (χ0v) is 29.6. The van der Waals surface area contributed by atoms with Gasteiger partial charge >= 0.3 is 5.65 Å². The number of nitrogens with zero attached hydrogens (tertiary/aromatic N) is 8. The van der Waals surface area contributed by atoms with Gasteiger partial charge in [-0.3, -0.25) is 19.5 Å². The van der Waals surface area contributed by atoms with Crippen LogP contribution in [0.15, 0.2) is 63.7 Å². The number of carbonyl (C=O) groups is 3. The van der Waals surface area contributed by atoms with Crippen LogP contribution in [0.2, 0.25) is 5.02 Å². The summed E-state index contributed by atoms with van der Waals surface area (Å²) in [7, 11) is 1.27. The molecule has 15 nitrogen and oxygen atoms in total. The second-order valence-corrected chi connectivity index (χ2v) is 14.5. The van der Waals surface area contributed by atoms with Crippen LogP contribution in [0, 0.1) is 5.82 Å². The number of halogens is 2. The van der Waals surface area contributed by atoms with Gasteiger partial charge in [0.15, 0.2) is 17.0 Å². The van der Waals surface area contributed by atoms with Crippen molar-refractivity contribution in [3.63, 3.8) is 0 Å². The third-order valence-electron chi connectivity index (χ3n) is 8.83. The average molecular weight is 755 g/mol. The zero-order chi connectivity index (χ0) is 35.8. The van der Waals surface area contributed by atoms with Crippen molar-refractivity contribution in [2.45, 2.75) is 43.8 Å². The topological polar surface area (TPSA) is 179 Å². The van der Waals surface area contributed by atoms with Gasteiger partial charge in [-0.05, 0) is 42.5 Å². The largest absolute Gasteiger partial charge is 0.543 e. The van der Waals surface area contributed by atoms with E-state index in [1.165, 1.54) is 36.7 Å². The number of thioether (sulfide) groups is 1. The molecule has 3 N–H and O–H groups in total. The summed E-state index contributed by atoms with van der Waals surface area (Å²) in [5.41, 5.74) is 7.51. The number of carboxylic acids is 1. The molecule has 0 aliphatic carbocycles. The first-order valence-electron chi connectivity index (χ1n) is 16.0. The van der Waals surface area contributed by atoms with Gasteiger partial charge in [0.2, 0.25) is 0 Å². The van der Waals surface area contributed by atoms with E-state index in [0.717, 1.165) is 42.2 Å². The summed E-state index contributed by atoms with van der Waals surface area (Å²) in [5, 5.41) is 26.6. The third-order valence-corrected chi connectivity index (χ3v) is 11.2. The van der Waals surface area contributed by atoms with Gasteiger partial charge in [-0.2, -0.15) is 5.10 Å². The normalized spacial score (nSPS) is 19.5. The van der Waals surface area contributed by atoms with E-state index in [4.69, 9.17) is 22.2 Å². The Kier molecular flexibility index (Phi) is 9.71. The number of benzene rings is 1. The number of β-lactam (4-membered cyclic amide) rings is 1. The molecule has 0 unspecified atom stereocenters. The molecule has 3 aliphatic heterocycles. The number of carbonyl (C=O) groups excluding carboxylic acids is 3. The Labute approximate surface area is 303 Å². The van der Waals surface area contributed by atoms with Crippen LogP contribution in [0.3, 0.4) is 0 Å². The molecule has 0 spiro atoms. The molecule has 7 rings (SSSR count). The van der Waals surface area contributed by atoms with Gasteiger partial charge in [0, 0.05) is 29.8 Å². The molecule has 6 heterocycles. The lowest BCUT2D eigenvalue weighted by atomic mass is 10.0. The molecule has 3 aromatic heterocycles. The summed E-state index contributed by atoms with van der Waals surface area (Å²) in [6.45, 7) is 2.04. The molecule has 4 aromatic rings. The third kappa shape index (κ3) is 6.77. The number of nitrogen functional groups attached to an aromatic ring is 1. The fourth-order valence-corrected chi connectivity index (χ4v) is 8.51. The number of fused-ring (bicyclic) bond motifs is 2. The lowest BCUT2D eigenvalue weighted by Crippen LogP contribution is -2.71. The van der Waals surface area contributed by atoms with Crippen LogP contribution in [0.25, 0.3) is 5.65 Å². The molecule has 0 bridgehead atoms. The van der Waals surface area contributed by atoms with Crippen molar-refractivity contribution in [3.8, 4) is 0 Å². The van der Waals surface area contributed by atoms with Gasteiger partial charge in [-0.15, -0.1) is 27.6 Å². The SMILES string of the molecule is CO/N=C(\C(=O)N[C@@H]1C(=O)N2C(C(=O)[O-])=C(Cn3ccc4n3cc[n+]4Cc3c(F)cc(C=NN4CCCCC4)cc3Cl)CS[C@H]12)c1csc(N)n1. The smallest absolute Gasteiger partial charge is 0.307 e. The maximum absolute atomic E-state index is 15.3. The Morgan fingerprint density at radius 1 is 1.27 bits per heavy atom. The van der Waals surface area contributed by atoms with E-state index in [-0.39, 0.29) is 46.1 Å². The number of nitrogens with two attached hydrogens (primary N) is 1. The zero-order valence-electron chi connectivity index (χ0n) is 27.2. The predicted molar refractivity (Wildman–Crippen MR) is 186 cm³/mol. The first kappa shape index (κ1) is 34.5. The lowest BCUT2D eigenvalue weighted by molar-refractivity contribution is -0.662. The summed E-state index contributed by atoms with van der Waals surface area (Å²) in [6.07, 6.45) is 10.3. The molecule has 2 saturated heterocycles. The number of anilines is 1. The molecule has 1 aromatic carbocycles. The van der Waals surface area contributed by atoms with E-state index in [1.807, 2.05) is 15.6 Å². The Balaban J connectivity index is 1.06. The van der Waals surface area contributed by atoms with Crippen molar-refractivity contribution in [2.24, 2.45) is 10.3 Å². The molecular weight excluding hydrogens is 723 g/mol. The Bertz CT molecular complexity index is 2100. The van der Waals surface area contributed by atoms with E-state index in [2.05, 4.69) is 20.6 Å². The number of hydrogen-bond donors (Lipinski definition) is 2. The summed E-state index contributed by atoms with van der Waals surface area (Å²) in [4.78, 5) is 48.8. The van der Waals surface area contributed by atoms with Gasteiger partial charge in [-0.25, -0.2) is 18.6 Å². The standard InChI is InChI=1S/C32H32ClFN10O5S2/c1-49-39-25(23-17-51-32(35)37-23)28(45)38-26-29(46)44-27(31(47)48)19(16-50-30(26)44)14-42-8-5-24-40(9-10-43(24)42)15-20-21(33)11-18(12-22(20)34)13-36-41-6-3-2-4-7-41/h5,8-13,17,26,30H,2-4,6-7,14-16H2,1H3,(H3-,35,37,38,45,47,48)/b36-13?,39-25-/t26-,30-/m1/s1. The number of aliphatic carboxylic acids is 1. The van der Waals surface area contributed by atoms with Gasteiger partial charge in [0.1, 0.15) is 42.8 Å². The van der Waals surface area contributed by atoms with Gasteiger partial charge in [-0.1, -0.05) is 16.8 Å². The first-order valence-corrected chi connectivity index (χ1v) is 18.3. The minimum atomic E-state index is -1.51.